The molecule has 0 spiro atoms. The third kappa shape index (κ3) is 6.95. The highest BCUT2D eigenvalue weighted by atomic mass is 79.9. The van der Waals surface area contributed by atoms with E-state index in [1.165, 1.54) is 5.56 Å². The predicted octanol–water partition coefficient (Wildman–Crippen LogP) is 3.75. The standard InChI is InChI=1S/C15H24BrNO2/c1-5-18-8-9-19-13-6-7-14(16)12(10-13)11-17-15(2,3)4/h6-7,10,17H,5,8-9,11H2,1-4H3. The fourth-order valence-electron chi connectivity index (χ4n) is 1.50. The van der Waals surface area contributed by atoms with Crippen LogP contribution in [0.3, 0.4) is 0 Å². The molecule has 0 aliphatic heterocycles. The zero-order chi connectivity index (χ0) is 14.3. The van der Waals surface area contributed by atoms with Crippen molar-refractivity contribution in [1.82, 2.24) is 5.32 Å². The van der Waals surface area contributed by atoms with Crippen LogP contribution in [0.1, 0.15) is 33.3 Å². The van der Waals surface area contributed by atoms with Crippen LogP contribution in [0.15, 0.2) is 22.7 Å². The summed E-state index contributed by atoms with van der Waals surface area (Å²) in [6.45, 7) is 11.2. The maximum atomic E-state index is 5.66. The molecule has 0 aliphatic rings. The first-order valence-corrected chi connectivity index (χ1v) is 7.45. The van der Waals surface area contributed by atoms with E-state index in [1.54, 1.807) is 0 Å². The molecule has 0 heterocycles. The van der Waals surface area contributed by atoms with Gasteiger partial charge in [0.2, 0.25) is 0 Å². The lowest BCUT2D eigenvalue weighted by molar-refractivity contribution is 0.110. The molecule has 0 saturated carbocycles. The van der Waals surface area contributed by atoms with E-state index in [2.05, 4.69) is 48.1 Å². The molecule has 1 rings (SSSR count). The van der Waals surface area contributed by atoms with Crippen molar-refractivity contribution < 1.29 is 9.47 Å². The Kier molecular flexibility index (Phi) is 6.83. The maximum absolute atomic E-state index is 5.66. The zero-order valence-electron chi connectivity index (χ0n) is 12.3. The summed E-state index contributed by atoms with van der Waals surface area (Å²) in [5, 5.41) is 3.47. The van der Waals surface area contributed by atoms with Crippen LogP contribution in [-0.4, -0.2) is 25.4 Å². The number of nitrogens with one attached hydrogen (secondary N) is 1. The Bertz CT molecular complexity index is 388. The summed E-state index contributed by atoms with van der Waals surface area (Å²) >= 11 is 3.57. The van der Waals surface area contributed by atoms with Crippen LogP contribution < -0.4 is 10.1 Å². The van der Waals surface area contributed by atoms with E-state index in [-0.39, 0.29) is 5.54 Å². The van der Waals surface area contributed by atoms with Gasteiger partial charge in [-0.1, -0.05) is 15.9 Å². The monoisotopic (exact) mass is 329 g/mol. The fourth-order valence-corrected chi connectivity index (χ4v) is 1.89. The second-order valence-electron chi connectivity index (χ2n) is 5.40. The Morgan fingerprint density at radius 2 is 1.95 bits per heavy atom. The second kappa shape index (κ2) is 7.88. The largest absolute Gasteiger partial charge is 0.491 e. The van der Waals surface area contributed by atoms with Gasteiger partial charge in [-0.15, -0.1) is 0 Å². The molecule has 1 aromatic carbocycles. The van der Waals surface area contributed by atoms with Gasteiger partial charge in [-0.3, -0.25) is 0 Å². The molecule has 0 fully saturated rings. The number of rotatable bonds is 7. The van der Waals surface area contributed by atoms with E-state index < -0.39 is 0 Å². The number of halogens is 1. The Balaban J connectivity index is 2.56. The van der Waals surface area contributed by atoms with Gasteiger partial charge in [-0.05, 0) is 51.5 Å². The average molecular weight is 330 g/mol. The summed E-state index contributed by atoms with van der Waals surface area (Å²) in [7, 11) is 0. The molecular formula is C15H24BrNO2. The summed E-state index contributed by atoms with van der Waals surface area (Å²) < 4.78 is 12.0. The molecule has 1 N–H and O–H groups in total. The van der Waals surface area contributed by atoms with Gasteiger partial charge < -0.3 is 14.8 Å². The fraction of sp³-hybridized carbons (Fsp3) is 0.600. The Morgan fingerprint density at radius 1 is 1.21 bits per heavy atom. The Hall–Kier alpha value is -0.580. The molecule has 108 valence electrons. The Labute approximate surface area is 124 Å². The van der Waals surface area contributed by atoms with E-state index in [9.17, 15) is 0 Å². The Morgan fingerprint density at radius 3 is 2.58 bits per heavy atom. The maximum Gasteiger partial charge on any atom is 0.119 e. The molecule has 4 heteroatoms. The van der Waals surface area contributed by atoms with Crippen molar-refractivity contribution in [2.24, 2.45) is 0 Å². The van der Waals surface area contributed by atoms with Crippen molar-refractivity contribution in [1.29, 1.82) is 0 Å². The quantitative estimate of drug-likeness (QED) is 0.773. The predicted molar refractivity (Wildman–Crippen MR) is 82.7 cm³/mol. The van der Waals surface area contributed by atoms with E-state index in [1.807, 2.05) is 19.1 Å². The lowest BCUT2D eigenvalue weighted by Gasteiger charge is -2.21. The van der Waals surface area contributed by atoms with E-state index in [0.717, 1.165) is 23.4 Å². The summed E-state index contributed by atoms with van der Waals surface area (Å²) in [6, 6.07) is 6.06. The zero-order valence-corrected chi connectivity index (χ0v) is 13.8. The molecule has 1 aromatic rings. The second-order valence-corrected chi connectivity index (χ2v) is 6.26. The van der Waals surface area contributed by atoms with Crippen LogP contribution in [0.5, 0.6) is 5.75 Å². The van der Waals surface area contributed by atoms with Crippen LogP contribution in [0.25, 0.3) is 0 Å². The minimum atomic E-state index is 0.102. The van der Waals surface area contributed by atoms with Gasteiger partial charge >= 0.3 is 0 Å². The van der Waals surface area contributed by atoms with Crippen LogP contribution in [0.4, 0.5) is 0 Å². The number of benzene rings is 1. The first-order valence-electron chi connectivity index (χ1n) is 6.66. The SMILES string of the molecule is CCOCCOc1ccc(Br)c(CNC(C)(C)C)c1. The van der Waals surface area contributed by atoms with Gasteiger partial charge in [-0.2, -0.15) is 0 Å². The van der Waals surface area contributed by atoms with Gasteiger partial charge in [0.25, 0.3) is 0 Å². The number of hydrogen-bond donors (Lipinski definition) is 1. The summed E-state index contributed by atoms with van der Waals surface area (Å²) in [5.74, 6) is 0.883. The summed E-state index contributed by atoms with van der Waals surface area (Å²) in [6.07, 6.45) is 0. The molecule has 0 unspecified atom stereocenters. The average Bonchev–Trinajstić information content (AvgIpc) is 2.34. The molecule has 0 amide bonds. The molecule has 0 atom stereocenters. The van der Waals surface area contributed by atoms with Crippen molar-refractivity contribution in [3.05, 3.63) is 28.2 Å². The van der Waals surface area contributed by atoms with E-state index in [0.29, 0.717) is 13.2 Å². The topological polar surface area (TPSA) is 30.5 Å². The molecule has 0 bridgehead atoms. The van der Waals surface area contributed by atoms with Crippen LogP contribution in [0.2, 0.25) is 0 Å². The lowest BCUT2D eigenvalue weighted by atomic mass is 10.1. The van der Waals surface area contributed by atoms with Gasteiger partial charge in [0.15, 0.2) is 0 Å². The minimum Gasteiger partial charge on any atom is -0.491 e. The molecular weight excluding hydrogens is 306 g/mol. The van der Waals surface area contributed by atoms with Crippen molar-refractivity contribution >= 4 is 15.9 Å². The van der Waals surface area contributed by atoms with Gasteiger partial charge in [0.1, 0.15) is 12.4 Å². The smallest absolute Gasteiger partial charge is 0.119 e. The third-order valence-electron chi connectivity index (χ3n) is 2.53. The van der Waals surface area contributed by atoms with Crippen molar-refractivity contribution in [3.8, 4) is 5.75 Å². The molecule has 0 radical (unpaired) electrons. The highest BCUT2D eigenvalue weighted by Crippen LogP contribution is 2.23. The number of hydrogen-bond acceptors (Lipinski definition) is 3. The van der Waals surface area contributed by atoms with Gasteiger partial charge in [0.05, 0.1) is 6.61 Å². The van der Waals surface area contributed by atoms with Gasteiger partial charge in [0, 0.05) is 23.2 Å². The van der Waals surface area contributed by atoms with Crippen molar-refractivity contribution in [3.63, 3.8) is 0 Å². The van der Waals surface area contributed by atoms with E-state index in [4.69, 9.17) is 9.47 Å². The highest BCUT2D eigenvalue weighted by molar-refractivity contribution is 9.10. The van der Waals surface area contributed by atoms with Crippen LogP contribution in [-0.2, 0) is 11.3 Å². The van der Waals surface area contributed by atoms with Crippen LogP contribution in [0, 0.1) is 0 Å². The lowest BCUT2D eigenvalue weighted by Crippen LogP contribution is -2.35. The highest BCUT2D eigenvalue weighted by Gasteiger charge is 2.10. The van der Waals surface area contributed by atoms with Crippen LogP contribution >= 0.6 is 15.9 Å². The van der Waals surface area contributed by atoms with E-state index >= 15 is 0 Å². The first-order chi connectivity index (χ1) is 8.92. The van der Waals surface area contributed by atoms with Crippen molar-refractivity contribution in [2.75, 3.05) is 19.8 Å². The van der Waals surface area contributed by atoms with Gasteiger partial charge in [-0.25, -0.2) is 0 Å². The summed E-state index contributed by atoms with van der Waals surface area (Å²) in [5.41, 5.74) is 1.30. The third-order valence-corrected chi connectivity index (χ3v) is 3.30. The number of ether oxygens (including phenoxy) is 2. The molecule has 0 saturated heterocycles. The first kappa shape index (κ1) is 16.5. The molecule has 0 aliphatic carbocycles. The molecule has 19 heavy (non-hydrogen) atoms. The summed E-state index contributed by atoms with van der Waals surface area (Å²) in [4.78, 5) is 0. The molecule has 3 nitrogen and oxygen atoms in total. The minimum absolute atomic E-state index is 0.102. The molecule has 0 aromatic heterocycles. The normalized spacial score (nSPS) is 11.6. The van der Waals surface area contributed by atoms with Crippen molar-refractivity contribution in [2.45, 2.75) is 39.8 Å².